The van der Waals surface area contributed by atoms with E-state index >= 15 is 0 Å². The van der Waals surface area contributed by atoms with Crippen molar-refractivity contribution in [3.05, 3.63) is 108 Å². The monoisotopic (exact) mass is 984 g/mol. The number of hydrogen-bond donors (Lipinski definition) is 2. The third-order valence-electron chi connectivity index (χ3n) is 12.5. The van der Waals surface area contributed by atoms with Crippen LogP contribution in [0.2, 0.25) is 0 Å². The minimum Gasteiger partial charge on any atom is -0.459 e. The molecule has 3 unspecified atom stereocenters. The summed E-state index contributed by atoms with van der Waals surface area (Å²) in [6, 6.07) is 12.5. The number of allylic oxidation sites excluding steroid dienone is 2. The van der Waals surface area contributed by atoms with Crippen molar-refractivity contribution in [2.75, 3.05) is 14.2 Å². The number of carbonyl (C=O) groups is 4. The van der Waals surface area contributed by atoms with Crippen LogP contribution >= 0.6 is 0 Å². The number of cyclic esters (lactones) is 1. The molecule has 0 aromatic heterocycles. The molecular formula is C50H62F6O13. The highest BCUT2D eigenvalue weighted by Gasteiger charge is 2.66. The van der Waals surface area contributed by atoms with Crippen LogP contribution in [0.1, 0.15) is 91.7 Å². The molecule has 4 rings (SSSR count). The molecule has 69 heavy (non-hydrogen) atoms. The summed E-state index contributed by atoms with van der Waals surface area (Å²) in [6.07, 6.45) is -10.6. The summed E-state index contributed by atoms with van der Waals surface area (Å²) in [4.78, 5) is 52.8. The van der Waals surface area contributed by atoms with Gasteiger partial charge in [-0.15, -0.1) is 0 Å². The van der Waals surface area contributed by atoms with Crippen molar-refractivity contribution in [3.8, 4) is 0 Å². The zero-order valence-corrected chi connectivity index (χ0v) is 40.0. The van der Waals surface area contributed by atoms with Gasteiger partial charge in [0.15, 0.2) is 0 Å². The molecule has 0 spiro atoms. The highest BCUT2D eigenvalue weighted by atomic mass is 19.4. The standard InChI is InChI=1S/C50H62F6O13/c1-10-37(68-44(60)48(64-9,50(54,55)56)35-21-15-12-16-22-35)32(4)42-38(67-42)29-45(6,61)26-17-18-30(2)41-31(3)23-24-39(65-33(5)57)46(7,62)27-25-36(28-40(58)69-41)66-43(59)47(63-8,49(51,52)53)34-19-13-11-14-20-34/h11-24,26,31-32,36-39,41-42,61-62H,10,25,27-29H2,1-9H3/b24-23+,26-17+,30-18+/t31-,32+,36+,37-,38?,39-,41+,42+,45-,46+,47?,48?/m0/s1. The van der Waals surface area contributed by atoms with Crippen LogP contribution in [0.25, 0.3) is 0 Å². The summed E-state index contributed by atoms with van der Waals surface area (Å²) in [5, 5.41) is 22.9. The van der Waals surface area contributed by atoms with Crippen molar-refractivity contribution in [2.24, 2.45) is 11.8 Å². The van der Waals surface area contributed by atoms with Gasteiger partial charge in [-0.2, -0.15) is 26.3 Å². The van der Waals surface area contributed by atoms with Crippen molar-refractivity contribution in [1.29, 1.82) is 0 Å². The first-order valence-corrected chi connectivity index (χ1v) is 22.4. The van der Waals surface area contributed by atoms with E-state index in [0.717, 1.165) is 38.3 Å². The molecule has 2 aromatic rings. The van der Waals surface area contributed by atoms with Gasteiger partial charge in [-0.05, 0) is 51.7 Å². The molecule has 19 heteroatoms. The average molecular weight is 985 g/mol. The quantitative estimate of drug-likeness (QED) is 0.0386. The minimum atomic E-state index is -5.33. The number of methoxy groups -OCH3 is 2. The van der Waals surface area contributed by atoms with Crippen molar-refractivity contribution in [2.45, 2.75) is 152 Å². The molecule has 2 aliphatic heterocycles. The lowest BCUT2D eigenvalue weighted by Crippen LogP contribution is -2.53. The van der Waals surface area contributed by atoms with Crippen molar-refractivity contribution >= 4 is 23.9 Å². The smallest absolute Gasteiger partial charge is 0.432 e. The summed E-state index contributed by atoms with van der Waals surface area (Å²) in [5.41, 5.74) is -11.0. The fraction of sp³-hybridized carbons (Fsp3) is 0.560. The molecule has 2 aromatic carbocycles. The molecule has 0 amide bonds. The molecule has 1 saturated heterocycles. The van der Waals surface area contributed by atoms with E-state index in [9.17, 15) is 55.7 Å². The van der Waals surface area contributed by atoms with Gasteiger partial charge in [-0.25, -0.2) is 9.59 Å². The Morgan fingerprint density at radius 1 is 0.884 bits per heavy atom. The third-order valence-corrected chi connectivity index (χ3v) is 12.5. The van der Waals surface area contributed by atoms with Crippen molar-refractivity contribution in [3.63, 3.8) is 0 Å². The van der Waals surface area contributed by atoms with E-state index in [1.807, 2.05) is 0 Å². The molecule has 12 atom stereocenters. The van der Waals surface area contributed by atoms with Crippen molar-refractivity contribution < 1.29 is 88.9 Å². The van der Waals surface area contributed by atoms with Gasteiger partial charge in [0.2, 0.25) is 0 Å². The van der Waals surface area contributed by atoms with Gasteiger partial charge in [0, 0.05) is 50.5 Å². The first-order chi connectivity index (χ1) is 32.1. The fourth-order valence-corrected chi connectivity index (χ4v) is 8.48. The van der Waals surface area contributed by atoms with Crippen LogP contribution in [0.5, 0.6) is 0 Å². The van der Waals surface area contributed by atoms with Crippen LogP contribution in [0.15, 0.2) is 96.6 Å². The molecule has 0 radical (unpaired) electrons. The number of esters is 4. The Labute approximate surface area is 397 Å². The highest BCUT2D eigenvalue weighted by molar-refractivity contribution is 5.84. The van der Waals surface area contributed by atoms with Gasteiger partial charge in [-0.1, -0.05) is 106 Å². The van der Waals surface area contributed by atoms with Gasteiger partial charge in [0.1, 0.15) is 30.0 Å². The average Bonchev–Trinajstić information content (AvgIpc) is 4.03. The topological polar surface area (TPSA) is 177 Å². The predicted molar refractivity (Wildman–Crippen MR) is 237 cm³/mol. The SMILES string of the molecule is CC[C@H](OC(=O)C(OC)(c1ccccc1)C(F)(F)F)[C@@H](C)[C@H]1OC1C[C@@](C)(O)/C=C/C=C(\C)[C@H]1OC(=O)C[C@H](OC(=O)C(OC)(c2ccccc2)C(F)(F)F)CC[C@@](C)(O)[C@@H](OC(C)=O)/C=C/[C@@H]1C. The number of benzene rings is 2. The number of hydrogen-bond acceptors (Lipinski definition) is 13. The zero-order chi connectivity index (χ0) is 51.8. The number of rotatable bonds is 17. The summed E-state index contributed by atoms with van der Waals surface area (Å²) < 4.78 is 126. The summed E-state index contributed by atoms with van der Waals surface area (Å²) in [6.45, 7) is 10.5. The molecule has 1 fully saturated rings. The first kappa shape index (κ1) is 56.5. The Kier molecular flexibility index (Phi) is 18.7. The molecular weight excluding hydrogens is 923 g/mol. The Morgan fingerprint density at radius 2 is 1.42 bits per heavy atom. The van der Waals surface area contributed by atoms with Crippen molar-refractivity contribution in [1.82, 2.24) is 0 Å². The number of alkyl halides is 6. The van der Waals surface area contributed by atoms with Crippen LogP contribution in [0, 0.1) is 11.8 Å². The fourth-order valence-electron chi connectivity index (χ4n) is 8.48. The van der Waals surface area contributed by atoms with Crippen LogP contribution < -0.4 is 0 Å². The van der Waals surface area contributed by atoms with E-state index in [-0.39, 0.29) is 25.7 Å². The Bertz CT molecular complexity index is 2160. The Hall–Kier alpha value is -5.08. The van der Waals surface area contributed by atoms with Gasteiger partial charge in [0.25, 0.3) is 11.2 Å². The summed E-state index contributed by atoms with van der Waals surface area (Å²) in [5.74, 6) is -6.53. The lowest BCUT2D eigenvalue weighted by molar-refractivity contribution is -0.279. The number of carbonyl (C=O) groups excluding carboxylic acids is 4. The van der Waals surface area contributed by atoms with Gasteiger partial charge >= 0.3 is 36.2 Å². The van der Waals surface area contributed by atoms with E-state index in [1.165, 1.54) is 74.5 Å². The Balaban J connectivity index is 1.54. The molecule has 13 nitrogen and oxygen atoms in total. The van der Waals surface area contributed by atoms with E-state index in [2.05, 4.69) is 0 Å². The number of aliphatic hydroxyl groups is 2. The third kappa shape index (κ3) is 13.4. The molecule has 0 aliphatic carbocycles. The van der Waals surface area contributed by atoms with Crippen LogP contribution in [0.4, 0.5) is 26.3 Å². The largest absolute Gasteiger partial charge is 0.459 e. The lowest BCUT2D eigenvalue weighted by Gasteiger charge is -2.35. The summed E-state index contributed by atoms with van der Waals surface area (Å²) >= 11 is 0. The summed E-state index contributed by atoms with van der Waals surface area (Å²) in [7, 11) is 1.47. The van der Waals surface area contributed by atoms with Gasteiger partial charge in [-0.3, -0.25) is 9.59 Å². The molecule has 2 heterocycles. The zero-order valence-electron chi connectivity index (χ0n) is 40.0. The number of ether oxygens (including phenoxy) is 7. The molecule has 0 saturated carbocycles. The van der Waals surface area contributed by atoms with Gasteiger partial charge < -0.3 is 43.4 Å². The Morgan fingerprint density at radius 3 is 1.91 bits per heavy atom. The maximum atomic E-state index is 14.8. The second kappa shape index (κ2) is 22.8. The molecule has 0 bridgehead atoms. The first-order valence-electron chi connectivity index (χ1n) is 22.4. The molecule has 2 N–H and O–H groups in total. The maximum absolute atomic E-state index is 14.8. The van der Waals surface area contributed by atoms with Crippen LogP contribution in [-0.2, 0) is 63.5 Å². The molecule has 2 aliphatic rings. The normalized spacial score (nSPS) is 28.0. The van der Waals surface area contributed by atoms with Crippen LogP contribution in [0.3, 0.4) is 0 Å². The maximum Gasteiger partial charge on any atom is 0.432 e. The lowest BCUT2D eigenvalue weighted by atomic mass is 9.88. The second-order valence-corrected chi connectivity index (χ2v) is 18.0. The van der Waals surface area contributed by atoms with E-state index in [1.54, 1.807) is 33.8 Å². The van der Waals surface area contributed by atoms with Crippen LogP contribution in [-0.4, -0.2) is 108 Å². The number of epoxide rings is 1. The van der Waals surface area contributed by atoms with E-state index in [0.29, 0.717) is 12.7 Å². The minimum absolute atomic E-state index is 0.0163. The highest BCUT2D eigenvalue weighted by Crippen LogP contribution is 2.46. The van der Waals surface area contributed by atoms with E-state index < -0.39 is 125 Å². The molecule has 382 valence electrons. The van der Waals surface area contributed by atoms with E-state index in [4.69, 9.17) is 33.2 Å². The number of halogens is 6. The second-order valence-electron chi connectivity index (χ2n) is 18.0. The predicted octanol–water partition coefficient (Wildman–Crippen LogP) is 8.45. The van der Waals surface area contributed by atoms with Gasteiger partial charge in [0.05, 0.1) is 24.2 Å².